The minimum Gasteiger partial charge on any atom is -0.356 e. The van der Waals surface area contributed by atoms with Gasteiger partial charge in [0, 0.05) is 26.7 Å². The standard InChI is InChI=1S/C18H29FN4O/c1-6-21-16(24)18(3,4)12-23-17(20-5)22-10-9-14-7-8-15(19)11-13(14)2/h7-8,11H,6,9-10,12H2,1-5H3,(H,21,24)(H2,20,22,23). The van der Waals surface area contributed by atoms with Crippen LogP contribution in [0.1, 0.15) is 31.9 Å². The lowest BCUT2D eigenvalue weighted by molar-refractivity contribution is -0.128. The van der Waals surface area contributed by atoms with Gasteiger partial charge in [0.2, 0.25) is 5.91 Å². The highest BCUT2D eigenvalue weighted by Gasteiger charge is 2.27. The number of amides is 1. The van der Waals surface area contributed by atoms with Gasteiger partial charge in [-0.2, -0.15) is 0 Å². The number of hydrogen-bond donors (Lipinski definition) is 3. The normalized spacial score (nSPS) is 12.0. The Bertz CT molecular complexity index is 584. The summed E-state index contributed by atoms with van der Waals surface area (Å²) in [5.74, 6) is 0.441. The van der Waals surface area contributed by atoms with Crippen LogP contribution >= 0.6 is 0 Å². The van der Waals surface area contributed by atoms with Gasteiger partial charge < -0.3 is 16.0 Å². The molecule has 0 saturated carbocycles. The van der Waals surface area contributed by atoms with E-state index in [1.807, 2.05) is 27.7 Å². The van der Waals surface area contributed by atoms with Gasteiger partial charge in [-0.25, -0.2) is 4.39 Å². The highest BCUT2D eigenvalue weighted by atomic mass is 19.1. The van der Waals surface area contributed by atoms with Crippen molar-refractivity contribution in [2.24, 2.45) is 10.4 Å². The minimum atomic E-state index is -0.527. The maximum atomic E-state index is 13.1. The van der Waals surface area contributed by atoms with Crippen molar-refractivity contribution in [3.8, 4) is 0 Å². The predicted molar refractivity (Wildman–Crippen MR) is 96.7 cm³/mol. The Hall–Kier alpha value is -2.11. The predicted octanol–water partition coefficient (Wildman–Crippen LogP) is 2.00. The molecule has 1 aromatic rings. The number of nitrogens with one attached hydrogen (secondary N) is 3. The van der Waals surface area contributed by atoms with Gasteiger partial charge in [-0.15, -0.1) is 0 Å². The van der Waals surface area contributed by atoms with E-state index < -0.39 is 5.41 Å². The van der Waals surface area contributed by atoms with Crippen molar-refractivity contribution in [1.82, 2.24) is 16.0 Å². The Morgan fingerprint density at radius 3 is 2.54 bits per heavy atom. The summed E-state index contributed by atoms with van der Waals surface area (Å²) in [4.78, 5) is 16.2. The Morgan fingerprint density at radius 2 is 1.96 bits per heavy atom. The maximum Gasteiger partial charge on any atom is 0.227 e. The van der Waals surface area contributed by atoms with Crippen LogP contribution in [0.3, 0.4) is 0 Å². The SMILES string of the molecule is CCNC(=O)C(C)(C)CNC(=NC)NCCc1ccc(F)cc1C. The van der Waals surface area contributed by atoms with Crippen molar-refractivity contribution in [3.63, 3.8) is 0 Å². The summed E-state index contributed by atoms with van der Waals surface area (Å²) < 4.78 is 13.1. The molecule has 0 aliphatic rings. The number of benzene rings is 1. The number of hydrogen-bond acceptors (Lipinski definition) is 2. The van der Waals surface area contributed by atoms with E-state index in [9.17, 15) is 9.18 Å². The van der Waals surface area contributed by atoms with E-state index in [-0.39, 0.29) is 11.7 Å². The van der Waals surface area contributed by atoms with Crippen LogP contribution in [0.25, 0.3) is 0 Å². The summed E-state index contributed by atoms with van der Waals surface area (Å²) in [6.07, 6.45) is 0.770. The molecule has 24 heavy (non-hydrogen) atoms. The fraction of sp³-hybridized carbons (Fsp3) is 0.556. The fourth-order valence-corrected chi connectivity index (χ4v) is 2.26. The average Bonchev–Trinajstić information content (AvgIpc) is 2.52. The van der Waals surface area contributed by atoms with Gasteiger partial charge in [-0.1, -0.05) is 6.07 Å². The number of aryl methyl sites for hydroxylation is 1. The Morgan fingerprint density at radius 1 is 1.25 bits per heavy atom. The number of halogens is 1. The van der Waals surface area contributed by atoms with E-state index in [1.54, 1.807) is 13.1 Å². The Balaban J connectivity index is 2.47. The van der Waals surface area contributed by atoms with E-state index in [2.05, 4.69) is 20.9 Å². The molecule has 1 aromatic carbocycles. The summed E-state index contributed by atoms with van der Waals surface area (Å²) >= 11 is 0. The molecule has 5 nitrogen and oxygen atoms in total. The van der Waals surface area contributed by atoms with Gasteiger partial charge in [0.15, 0.2) is 5.96 Å². The molecular weight excluding hydrogens is 307 g/mol. The molecule has 0 bridgehead atoms. The van der Waals surface area contributed by atoms with Gasteiger partial charge in [0.1, 0.15) is 5.82 Å². The molecule has 1 rings (SSSR count). The number of carbonyl (C=O) groups excluding carboxylic acids is 1. The van der Waals surface area contributed by atoms with E-state index in [0.29, 0.717) is 25.6 Å². The van der Waals surface area contributed by atoms with Crippen LogP contribution in [0.2, 0.25) is 0 Å². The molecule has 0 atom stereocenters. The fourth-order valence-electron chi connectivity index (χ4n) is 2.26. The van der Waals surface area contributed by atoms with Gasteiger partial charge in [0.25, 0.3) is 0 Å². The Labute approximate surface area is 144 Å². The van der Waals surface area contributed by atoms with E-state index in [4.69, 9.17) is 0 Å². The molecule has 1 amide bonds. The van der Waals surface area contributed by atoms with E-state index >= 15 is 0 Å². The van der Waals surface area contributed by atoms with Crippen LogP contribution in [0, 0.1) is 18.2 Å². The first-order valence-electron chi connectivity index (χ1n) is 8.28. The van der Waals surface area contributed by atoms with Crippen LogP contribution < -0.4 is 16.0 Å². The molecule has 0 aliphatic carbocycles. The highest BCUT2D eigenvalue weighted by Crippen LogP contribution is 2.13. The zero-order valence-corrected chi connectivity index (χ0v) is 15.3. The molecule has 0 fully saturated rings. The summed E-state index contributed by atoms with van der Waals surface area (Å²) in [6, 6.07) is 4.82. The lowest BCUT2D eigenvalue weighted by Crippen LogP contribution is -2.48. The molecule has 0 spiro atoms. The third kappa shape index (κ3) is 6.18. The summed E-state index contributed by atoms with van der Waals surface area (Å²) in [5.41, 5.74) is 1.51. The summed E-state index contributed by atoms with van der Waals surface area (Å²) in [7, 11) is 1.69. The number of nitrogens with zero attached hydrogens (tertiary/aromatic N) is 1. The maximum absolute atomic E-state index is 13.1. The molecule has 0 aromatic heterocycles. The number of aliphatic imine (C=N–C) groups is 1. The molecule has 0 radical (unpaired) electrons. The van der Waals surface area contributed by atoms with Crippen LogP contribution in [-0.2, 0) is 11.2 Å². The first-order valence-corrected chi connectivity index (χ1v) is 8.28. The van der Waals surface area contributed by atoms with Crippen LogP contribution in [0.15, 0.2) is 23.2 Å². The quantitative estimate of drug-likeness (QED) is 0.527. The van der Waals surface area contributed by atoms with Crippen molar-refractivity contribution in [3.05, 3.63) is 35.1 Å². The van der Waals surface area contributed by atoms with Gasteiger partial charge in [-0.3, -0.25) is 9.79 Å². The van der Waals surface area contributed by atoms with Crippen molar-refractivity contribution in [2.45, 2.75) is 34.1 Å². The van der Waals surface area contributed by atoms with Gasteiger partial charge in [0.05, 0.1) is 5.41 Å². The second kappa shape index (κ2) is 9.25. The van der Waals surface area contributed by atoms with Crippen molar-refractivity contribution in [1.29, 1.82) is 0 Å². The molecule has 0 aliphatic heterocycles. The lowest BCUT2D eigenvalue weighted by atomic mass is 9.92. The smallest absolute Gasteiger partial charge is 0.227 e. The molecule has 134 valence electrons. The van der Waals surface area contributed by atoms with Crippen molar-refractivity contribution in [2.75, 3.05) is 26.7 Å². The Kier molecular flexibility index (Phi) is 7.68. The first-order chi connectivity index (χ1) is 11.3. The third-order valence-electron chi connectivity index (χ3n) is 3.86. The zero-order chi connectivity index (χ0) is 18.2. The van der Waals surface area contributed by atoms with Crippen molar-refractivity contribution < 1.29 is 9.18 Å². The molecule has 0 unspecified atom stereocenters. The van der Waals surface area contributed by atoms with Crippen LogP contribution in [0.4, 0.5) is 4.39 Å². The van der Waals surface area contributed by atoms with Crippen molar-refractivity contribution >= 4 is 11.9 Å². The van der Waals surface area contributed by atoms with Gasteiger partial charge >= 0.3 is 0 Å². The summed E-state index contributed by atoms with van der Waals surface area (Å²) in [6.45, 7) is 9.36. The average molecular weight is 336 g/mol. The number of rotatable bonds is 7. The molecule has 3 N–H and O–H groups in total. The van der Waals surface area contributed by atoms with Crippen LogP contribution in [-0.4, -0.2) is 38.5 Å². The van der Waals surface area contributed by atoms with E-state index in [0.717, 1.165) is 17.5 Å². The first kappa shape index (κ1) is 19.9. The number of guanidine groups is 1. The summed E-state index contributed by atoms with van der Waals surface area (Å²) in [5, 5.41) is 9.23. The second-order valence-electron chi connectivity index (χ2n) is 6.42. The molecule has 0 saturated heterocycles. The molecule has 0 heterocycles. The number of carbonyl (C=O) groups is 1. The topological polar surface area (TPSA) is 65.5 Å². The van der Waals surface area contributed by atoms with E-state index in [1.165, 1.54) is 12.1 Å². The monoisotopic (exact) mass is 336 g/mol. The zero-order valence-electron chi connectivity index (χ0n) is 15.3. The van der Waals surface area contributed by atoms with Crippen LogP contribution in [0.5, 0.6) is 0 Å². The second-order valence-corrected chi connectivity index (χ2v) is 6.42. The largest absolute Gasteiger partial charge is 0.356 e. The highest BCUT2D eigenvalue weighted by molar-refractivity contribution is 5.84. The molecule has 6 heteroatoms. The van der Waals surface area contributed by atoms with Gasteiger partial charge in [-0.05, 0) is 57.4 Å². The molecular formula is C18H29FN4O. The lowest BCUT2D eigenvalue weighted by Gasteiger charge is -2.24. The third-order valence-corrected chi connectivity index (χ3v) is 3.86. The minimum absolute atomic E-state index is 0.00916.